The highest BCUT2D eigenvalue weighted by atomic mass is 35.5. The summed E-state index contributed by atoms with van der Waals surface area (Å²) in [6.07, 6.45) is 4.32. The first-order valence-corrected chi connectivity index (χ1v) is 6.07. The molecule has 0 saturated heterocycles. The minimum atomic E-state index is -0.0991. The maximum atomic E-state index is 11.6. The van der Waals surface area contributed by atoms with Gasteiger partial charge in [0.25, 0.3) is 0 Å². The Hall–Kier alpha value is -1.59. The number of pyridine rings is 1. The Balaban J connectivity index is 2.01. The summed E-state index contributed by atoms with van der Waals surface area (Å²) in [5.41, 5.74) is 1.45. The van der Waals surface area contributed by atoms with Crippen LogP contribution in [0.4, 0.5) is 0 Å². The number of hydrogen-bond donors (Lipinski definition) is 2. The van der Waals surface area contributed by atoms with Gasteiger partial charge >= 0.3 is 0 Å². The van der Waals surface area contributed by atoms with Crippen LogP contribution in [0.2, 0.25) is 5.02 Å². The quantitative estimate of drug-likeness (QED) is 0.795. The number of fused-ring (bicyclic) bond motifs is 1. The van der Waals surface area contributed by atoms with Crippen molar-refractivity contribution in [3.05, 3.63) is 35.2 Å². The van der Waals surface area contributed by atoms with E-state index in [0.717, 1.165) is 5.65 Å². The molecule has 18 heavy (non-hydrogen) atoms. The van der Waals surface area contributed by atoms with E-state index in [4.69, 9.17) is 16.7 Å². The topological polar surface area (TPSA) is 66.6 Å². The molecule has 0 unspecified atom stereocenters. The average Bonchev–Trinajstić information content (AvgIpc) is 2.70. The number of aromatic nitrogens is 2. The van der Waals surface area contributed by atoms with E-state index in [2.05, 4.69) is 10.3 Å². The smallest absolute Gasteiger partial charge is 0.226 e. The first-order valence-electron chi connectivity index (χ1n) is 5.70. The SMILES string of the molecule is O=C(Cc1cn2cc(Cl)ccc2n1)NCCCO. The standard InChI is InChI=1S/C12H14ClN3O2/c13-9-2-3-11-15-10(8-16(11)7-9)6-12(18)14-4-1-5-17/h2-3,7-8,17H,1,4-6H2,(H,14,18). The Bertz CT molecular complexity index is 553. The molecule has 2 rings (SSSR count). The number of nitrogens with one attached hydrogen (secondary N) is 1. The zero-order valence-electron chi connectivity index (χ0n) is 9.77. The van der Waals surface area contributed by atoms with Crippen molar-refractivity contribution in [3.8, 4) is 0 Å². The molecule has 0 aliphatic rings. The van der Waals surface area contributed by atoms with Crippen LogP contribution in [0.15, 0.2) is 24.5 Å². The van der Waals surface area contributed by atoms with Gasteiger partial charge in [0.2, 0.25) is 5.91 Å². The van der Waals surface area contributed by atoms with E-state index in [-0.39, 0.29) is 18.9 Å². The molecule has 0 spiro atoms. The van der Waals surface area contributed by atoms with Gasteiger partial charge in [-0.15, -0.1) is 0 Å². The van der Waals surface area contributed by atoms with E-state index >= 15 is 0 Å². The summed E-state index contributed by atoms with van der Waals surface area (Å²) in [6, 6.07) is 3.56. The van der Waals surface area contributed by atoms with E-state index < -0.39 is 0 Å². The third-order valence-electron chi connectivity index (χ3n) is 2.46. The number of hydrogen-bond acceptors (Lipinski definition) is 3. The number of aliphatic hydroxyl groups is 1. The van der Waals surface area contributed by atoms with Gasteiger partial charge in [0.05, 0.1) is 17.1 Å². The first kappa shape index (κ1) is 12.9. The summed E-state index contributed by atoms with van der Waals surface area (Å²) < 4.78 is 1.79. The number of nitrogens with zero attached hydrogens (tertiary/aromatic N) is 2. The molecule has 6 heteroatoms. The summed E-state index contributed by atoms with van der Waals surface area (Å²) in [6.45, 7) is 0.557. The van der Waals surface area contributed by atoms with Crippen LogP contribution in [-0.4, -0.2) is 33.6 Å². The summed E-state index contributed by atoms with van der Waals surface area (Å²) >= 11 is 5.87. The lowest BCUT2D eigenvalue weighted by Crippen LogP contribution is -2.26. The molecule has 2 N–H and O–H groups in total. The Kier molecular flexibility index (Phi) is 4.17. The maximum absolute atomic E-state index is 11.6. The van der Waals surface area contributed by atoms with E-state index in [9.17, 15) is 4.79 Å². The lowest BCUT2D eigenvalue weighted by Gasteiger charge is -2.01. The van der Waals surface area contributed by atoms with Crippen molar-refractivity contribution in [2.24, 2.45) is 0 Å². The molecular weight excluding hydrogens is 254 g/mol. The van der Waals surface area contributed by atoms with Crippen LogP contribution in [0.3, 0.4) is 0 Å². The Morgan fingerprint density at radius 1 is 1.44 bits per heavy atom. The van der Waals surface area contributed by atoms with Gasteiger partial charge in [-0.3, -0.25) is 4.79 Å². The fourth-order valence-electron chi connectivity index (χ4n) is 1.64. The first-order chi connectivity index (χ1) is 8.69. The van der Waals surface area contributed by atoms with Crippen molar-refractivity contribution in [1.29, 1.82) is 0 Å². The molecule has 5 nitrogen and oxygen atoms in total. The summed E-state index contributed by atoms with van der Waals surface area (Å²) in [4.78, 5) is 15.9. The van der Waals surface area contributed by atoms with Gasteiger partial charge in [0, 0.05) is 25.5 Å². The second kappa shape index (κ2) is 5.84. The zero-order valence-corrected chi connectivity index (χ0v) is 10.5. The molecule has 2 aromatic rings. The third kappa shape index (κ3) is 3.21. The Labute approximate surface area is 109 Å². The van der Waals surface area contributed by atoms with Crippen molar-refractivity contribution >= 4 is 23.2 Å². The van der Waals surface area contributed by atoms with E-state index in [1.165, 1.54) is 0 Å². The van der Waals surface area contributed by atoms with Gasteiger partial charge < -0.3 is 14.8 Å². The Morgan fingerprint density at radius 3 is 3.06 bits per heavy atom. The highest BCUT2D eigenvalue weighted by molar-refractivity contribution is 6.30. The second-order valence-corrected chi connectivity index (χ2v) is 4.39. The number of imidazole rings is 1. The number of halogens is 1. The molecule has 0 radical (unpaired) electrons. The number of carbonyl (C=O) groups is 1. The van der Waals surface area contributed by atoms with Gasteiger partial charge in [-0.25, -0.2) is 4.98 Å². The van der Waals surface area contributed by atoms with Gasteiger partial charge in [0.15, 0.2) is 0 Å². The second-order valence-electron chi connectivity index (χ2n) is 3.95. The third-order valence-corrected chi connectivity index (χ3v) is 2.69. The molecule has 2 heterocycles. The highest BCUT2D eigenvalue weighted by Gasteiger charge is 2.07. The molecule has 0 aliphatic carbocycles. The molecule has 0 atom stereocenters. The van der Waals surface area contributed by atoms with Crippen molar-refractivity contribution in [2.75, 3.05) is 13.2 Å². The molecule has 0 aromatic carbocycles. The van der Waals surface area contributed by atoms with Crippen LogP contribution in [0.5, 0.6) is 0 Å². The minimum Gasteiger partial charge on any atom is -0.396 e. The van der Waals surface area contributed by atoms with Gasteiger partial charge in [0.1, 0.15) is 5.65 Å². The van der Waals surface area contributed by atoms with E-state index in [0.29, 0.717) is 23.7 Å². The van der Waals surface area contributed by atoms with Crippen molar-refractivity contribution in [1.82, 2.24) is 14.7 Å². The molecule has 0 aliphatic heterocycles. The van der Waals surface area contributed by atoms with E-state index in [1.54, 1.807) is 28.9 Å². The molecule has 0 saturated carbocycles. The van der Waals surface area contributed by atoms with Crippen LogP contribution in [-0.2, 0) is 11.2 Å². The summed E-state index contributed by atoms with van der Waals surface area (Å²) in [5.74, 6) is -0.0991. The van der Waals surface area contributed by atoms with Crippen LogP contribution < -0.4 is 5.32 Å². The van der Waals surface area contributed by atoms with Gasteiger partial charge in [-0.05, 0) is 18.6 Å². The zero-order chi connectivity index (χ0) is 13.0. The summed E-state index contributed by atoms with van der Waals surface area (Å²) in [7, 11) is 0. The van der Waals surface area contributed by atoms with Gasteiger partial charge in [-0.1, -0.05) is 11.6 Å². The number of amides is 1. The Morgan fingerprint density at radius 2 is 2.28 bits per heavy atom. The van der Waals surface area contributed by atoms with Crippen molar-refractivity contribution in [2.45, 2.75) is 12.8 Å². The normalized spacial score (nSPS) is 10.8. The number of aliphatic hydroxyl groups excluding tert-OH is 1. The maximum Gasteiger partial charge on any atom is 0.226 e. The highest BCUT2D eigenvalue weighted by Crippen LogP contribution is 2.11. The van der Waals surface area contributed by atoms with Crippen molar-refractivity contribution in [3.63, 3.8) is 0 Å². The molecule has 96 valence electrons. The van der Waals surface area contributed by atoms with Crippen molar-refractivity contribution < 1.29 is 9.90 Å². The molecule has 1 amide bonds. The average molecular weight is 268 g/mol. The van der Waals surface area contributed by atoms with Crippen LogP contribution in [0.25, 0.3) is 5.65 Å². The van der Waals surface area contributed by atoms with Crippen LogP contribution in [0, 0.1) is 0 Å². The number of rotatable bonds is 5. The van der Waals surface area contributed by atoms with Gasteiger partial charge in [-0.2, -0.15) is 0 Å². The molecule has 0 bridgehead atoms. The predicted molar refractivity (Wildman–Crippen MR) is 68.6 cm³/mol. The summed E-state index contributed by atoms with van der Waals surface area (Å²) in [5, 5.41) is 11.9. The molecular formula is C12H14ClN3O2. The fraction of sp³-hybridized carbons (Fsp3) is 0.333. The fourth-order valence-corrected chi connectivity index (χ4v) is 1.80. The molecule has 0 fully saturated rings. The van der Waals surface area contributed by atoms with E-state index in [1.807, 2.05) is 0 Å². The van der Waals surface area contributed by atoms with Crippen LogP contribution in [0.1, 0.15) is 12.1 Å². The number of carbonyl (C=O) groups excluding carboxylic acids is 1. The largest absolute Gasteiger partial charge is 0.396 e. The predicted octanol–water partition coefficient (Wildman–Crippen LogP) is 1.03. The monoisotopic (exact) mass is 267 g/mol. The van der Waals surface area contributed by atoms with Crippen LogP contribution >= 0.6 is 11.6 Å². The molecule has 2 aromatic heterocycles. The lowest BCUT2D eigenvalue weighted by molar-refractivity contribution is -0.120. The minimum absolute atomic E-state index is 0.0765. The lowest BCUT2D eigenvalue weighted by atomic mass is 10.3.